The number of halogens is 1. The van der Waals surface area contributed by atoms with E-state index in [1.54, 1.807) is 12.1 Å². The minimum Gasteiger partial charge on any atom is -0.476 e. The van der Waals surface area contributed by atoms with Crippen molar-refractivity contribution >= 4 is 23.3 Å². The van der Waals surface area contributed by atoms with Gasteiger partial charge in [0.15, 0.2) is 5.69 Å². The van der Waals surface area contributed by atoms with E-state index in [9.17, 15) is 24.4 Å². The van der Waals surface area contributed by atoms with E-state index in [1.807, 2.05) is 6.08 Å². The Kier molecular flexibility index (Phi) is 4.23. The van der Waals surface area contributed by atoms with Crippen LogP contribution in [0.1, 0.15) is 33.7 Å². The molecule has 0 atom stereocenters. The molecule has 140 valence electrons. The number of rotatable bonds is 4. The van der Waals surface area contributed by atoms with E-state index in [1.165, 1.54) is 41.1 Å². The minimum absolute atomic E-state index is 0.00113. The zero-order chi connectivity index (χ0) is 19.8. The highest BCUT2D eigenvalue weighted by atomic mass is 19.1. The molecule has 1 N–H and O–H groups in total. The largest absolute Gasteiger partial charge is 0.476 e. The van der Waals surface area contributed by atoms with Crippen LogP contribution < -0.4 is 0 Å². The van der Waals surface area contributed by atoms with Gasteiger partial charge in [-0.1, -0.05) is 0 Å². The van der Waals surface area contributed by atoms with Gasteiger partial charge in [0.2, 0.25) is 0 Å². The molecule has 7 nitrogen and oxygen atoms in total. The van der Waals surface area contributed by atoms with Gasteiger partial charge in [-0.2, -0.15) is 5.10 Å². The highest BCUT2D eigenvalue weighted by Crippen LogP contribution is 2.37. The summed E-state index contributed by atoms with van der Waals surface area (Å²) >= 11 is 0. The summed E-state index contributed by atoms with van der Waals surface area (Å²) in [5, 5.41) is 24.5. The number of carboxylic acid groups (broad SMARTS) is 1. The Labute approximate surface area is 158 Å². The first-order valence-electron chi connectivity index (χ1n) is 8.50. The first-order chi connectivity index (χ1) is 13.4. The van der Waals surface area contributed by atoms with Gasteiger partial charge in [-0.15, -0.1) is 0 Å². The number of non-ortho nitro benzene ring substituents is 1. The Bertz CT molecular complexity index is 1120. The van der Waals surface area contributed by atoms with Gasteiger partial charge in [-0.3, -0.25) is 10.1 Å². The Hall–Kier alpha value is -3.81. The Morgan fingerprint density at radius 1 is 1.14 bits per heavy atom. The molecular formula is C20H14FN3O4. The normalized spacial score (nSPS) is 14.2. The van der Waals surface area contributed by atoms with Gasteiger partial charge in [0, 0.05) is 17.7 Å². The van der Waals surface area contributed by atoms with Crippen LogP contribution in [0.4, 0.5) is 10.1 Å². The molecule has 0 spiro atoms. The van der Waals surface area contributed by atoms with Gasteiger partial charge >= 0.3 is 5.97 Å². The number of aromatic carboxylic acids is 1. The predicted octanol–water partition coefficient (Wildman–Crippen LogP) is 4.10. The first kappa shape index (κ1) is 17.6. The molecule has 0 fully saturated rings. The second-order valence-corrected chi connectivity index (χ2v) is 6.39. The van der Waals surface area contributed by atoms with E-state index < -0.39 is 16.7 Å². The highest BCUT2D eigenvalue weighted by molar-refractivity contribution is 5.93. The molecule has 0 bridgehead atoms. The standard InChI is InChI=1S/C20H14FN3O4/c21-14-4-8-15(9-5-14)23-19-13(3-10-17(19)18(22-23)20(25)26)11-12-1-6-16(7-2-12)24(27)28/h1-2,4-9,11H,3,10H2,(H,25,26). The molecule has 0 amide bonds. The Morgan fingerprint density at radius 3 is 2.43 bits per heavy atom. The molecule has 8 heteroatoms. The van der Waals surface area contributed by atoms with E-state index >= 15 is 0 Å². The lowest BCUT2D eigenvalue weighted by Gasteiger charge is -2.08. The summed E-state index contributed by atoms with van der Waals surface area (Å²) in [6, 6.07) is 11.8. The second-order valence-electron chi connectivity index (χ2n) is 6.39. The van der Waals surface area contributed by atoms with Crippen LogP contribution in [0.5, 0.6) is 0 Å². The molecule has 0 unspecified atom stereocenters. The average molecular weight is 379 g/mol. The number of aromatic nitrogens is 2. The number of nitrogens with zero attached hydrogens (tertiary/aromatic N) is 3. The van der Waals surface area contributed by atoms with Crippen molar-refractivity contribution in [3.05, 3.63) is 87.0 Å². The molecule has 1 aliphatic carbocycles. The summed E-state index contributed by atoms with van der Waals surface area (Å²) in [6.45, 7) is 0. The third kappa shape index (κ3) is 3.05. The van der Waals surface area contributed by atoms with E-state index in [-0.39, 0.29) is 11.4 Å². The molecule has 0 saturated heterocycles. The number of hydrogen-bond acceptors (Lipinski definition) is 4. The van der Waals surface area contributed by atoms with Crippen LogP contribution in [0, 0.1) is 15.9 Å². The molecule has 0 aliphatic heterocycles. The van der Waals surface area contributed by atoms with Crippen molar-refractivity contribution in [1.82, 2.24) is 9.78 Å². The number of carbonyl (C=O) groups is 1. The number of fused-ring (bicyclic) bond motifs is 1. The lowest BCUT2D eigenvalue weighted by molar-refractivity contribution is -0.384. The van der Waals surface area contributed by atoms with Crippen molar-refractivity contribution in [2.45, 2.75) is 12.8 Å². The van der Waals surface area contributed by atoms with Gasteiger partial charge in [-0.05, 0) is 66.5 Å². The van der Waals surface area contributed by atoms with Gasteiger partial charge < -0.3 is 5.11 Å². The van der Waals surface area contributed by atoms with Crippen molar-refractivity contribution < 1.29 is 19.2 Å². The zero-order valence-electron chi connectivity index (χ0n) is 14.5. The average Bonchev–Trinajstić information content (AvgIpc) is 3.24. The minimum atomic E-state index is -1.12. The number of hydrogen-bond donors (Lipinski definition) is 1. The Balaban J connectivity index is 1.82. The Morgan fingerprint density at radius 2 is 1.82 bits per heavy atom. The summed E-state index contributed by atoms with van der Waals surface area (Å²) in [5.74, 6) is -1.51. The van der Waals surface area contributed by atoms with E-state index in [0.717, 1.165) is 11.1 Å². The molecule has 28 heavy (non-hydrogen) atoms. The summed E-state index contributed by atoms with van der Waals surface area (Å²) in [5.41, 5.74) is 3.46. The van der Waals surface area contributed by atoms with E-state index in [2.05, 4.69) is 5.10 Å². The van der Waals surface area contributed by atoms with Crippen LogP contribution in [0.3, 0.4) is 0 Å². The fourth-order valence-corrected chi connectivity index (χ4v) is 3.37. The molecule has 1 aliphatic rings. The molecule has 2 aromatic carbocycles. The first-order valence-corrected chi connectivity index (χ1v) is 8.50. The second kappa shape index (κ2) is 6.73. The maximum atomic E-state index is 13.3. The van der Waals surface area contributed by atoms with Crippen LogP contribution in [0.15, 0.2) is 48.5 Å². The topological polar surface area (TPSA) is 98.3 Å². The van der Waals surface area contributed by atoms with E-state index in [0.29, 0.717) is 29.8 Å². The van der Waals surface area contributed by atoms with Crippen molar-refractivity contribution in [3.63, 3.8) is 0 Å². The summed E-state index contributed by atoms with van der Waals surface area (Å²) in [7, 11) is 0. The fraction of sp³-hybridized carbons (Fsp3) is 0.100. The summed E-state index contributed by atoms with van der Waals surface area (Å²) in [6.07, 6.45) is 3.01. The van der Waals surface area contributed by atoms with Gasteiger partial charge in [-0.25, -0.2) is 13.9 Å². The molecular weight excluding hydrogens is 365 g/mol. The van der Waals surface area contributed by atoms with Crippen LogP contribution >= 0.6 is 0 Å². The number of benzene rings is 2. The van der Waals surface area contributed by atoms with Gasteiger partial charge in [0.25, 0.3) is 5.69 Å². The summed E-state index contributed by atoms with van der Waals surface area (Å²) < 4.78 is 14.8. The predicted molar refractivity (Wildman–Crippen MR) is 99.8 cm³/mol. The molecule has 3 aromatic rings. The van der Waals surface area contributed by atoms with Crippen molar-refractivity contribution in [3.8, 4) is 5.69 Å². The maximum Gasteiger partial charge on any atom is 0.356 e. The number of carboxylic acids is 1. The summed E-state index contributed by atoms with van der Waals surface area (Å²) in [4.78, 5) is 22.0. The number of nitro groups is 1. The third-order valence-electron chi connectivity index (χ3n) is 4.65. The smallest absolute Gasteiger partial charge is 0.356 e. The highest BCUT2D eigenvalue weighted by Gasteiger charge is 2.30. The van der Waals surface area contributed by atoms with Gasteiger partial charge in [0.1, 0.15) is 5.82 Å². The van der Waals surface area contributed by atoms with Crippen molar-refractivity contribution in [1.29, 1.82) is 0 Å². The zero-order valence-corrected chi connectivity index (χ0v) is 14.5. The van der Waals surface area contributed by atoms with Crippen LogP contribution in [0.2, 0.25) is 0 Å². The van der Waals surface area contributed by atoms with Crippen molar-refractivity contribution in [2.75, 3.05) is 0 Å². The number of nitro benzene ring substituents is 1. The molecule has 1 heterocycles. The van der Waals surface area contributed by atoms with Crippen LogP contribution in [-0.2, 0) is 6.42 Å². The molecule has 1 aromatic heterocycles. The molecule has 4 rings (SSSR count). The SMILES string of the molecule is O=C(O)c1nn(-c2ccc(F)cc2)c2c1CCC2=Cc1ccc([N+](=O)[O-])cc1. The van der Waals surface area contributed by atoms with Gasteiger partial charge in [0.05, 0.1) is 16.3 Å². The van der Waals surface area contributed by atoms with Crippen LogP contribution in [-0.4, -0.2) is 25.8 Å². The lowest BCUT2D eigenvalue weighted by atomic mass is 10.1. The quantitative estimate of drug-likeness (QED) is 0.543. The van der Waals surface area contributed by atoms with Crippen molar-refractivity contribution in [2.24, 2.45) is 0 Å². The number of allylic oxidation sites excluding steroid dienone is 1. The fourth-order valence-electron chi connectivity index (χ4n) is 3.37. The third-order valence-corrected chi connectivity index (χ3v) is 4.65. The van der Waals surface area contributed by atoms with Crippen LogP contribution in [0.25, 0.3) is 17.3 Å². The van der Waals surface area contributed by atoms with E-state index in [4.69, 9.17) is 0 Å². The lowest BCUT2D eigenvalue weighted by Crippen LogP contribution is -2.04. The molecule has 0 saturated carbocycles. The monoisotopic (exact) mass is 379 g/mol. The molecule has 0 radical (unpaired) electrons. The maximum absolute atomic E-state index is 13.3.